The SMILES string of the molecule is C=C1[C@H](CO)[C@@H](OC(=O)CCCCC)C[C@@H]1n1cnc2c(=O)[nH]c(N)nc21. The summed E-state index contributed by atoms with van der Waals surface area (Å²) in [6, 6.07) is -0.297. The Bertz CT molecular complexity index is 903. The summed E-state index contributed by atoms with van der Waals surface area (Å²) in [5.41, 5.74) is 6.46. The number of unbranched alkanes of at least 4 members (excludes halogenated alkanes) is 2. The van der Waals surface area contributed by atoms with E-state index in [-0.39, 0.29) is 36.0 Å². The van der Waals surface area contributed by atoms with Crippen molar-refractivity contribution in [3.63, 3.8) is 0 Å². The summed E-state index contributed by atoms with van der Waals surface area (Å²) in [5, 5.41) is 9.78. The van der Waals surface area contributed by atoms with Gasteiger partial charge in [-0.25, -0.2) is 4.98 Å². The number of fused-ring (bicyclic) bond motifs is 1. The summed E-state index contributed by atoms with van der Waals surface area (Å²) in [6.07, 6.45) is 4.61. The van der Waals surface area contributed by atoms with Crippen molar-refractivity contribution >= 4 is 23.1 Å². The van der Waals surface area contributed by atoms with Crippen LogP contribution in [0.15, 0.2) is 23.3 Å². The van der Waals surface area contributed by atoms with Crippen LogP contribution in [0.25, 0.3) is 11.2 Å². The number of nitrogens with zero attached hydrogens (tertiary/aromatic N) is 3. The Hall–Kier alpha value is -2.68. The van der Waals surface area contributed by atoms with Crippen LogP contribution in [0.5, 0.6) is 0 Å². The highest BCUT2D eigenvalue weighted by molar-refractivity contribution is 5.71. The van der Waals surface area contributed by atoms with E-state index in [1.54, 1.807) is 4.57 Å². The van der Waals surface area contributed by atoms with Gasteiger partial charge >= 0.3 is 5.97 Å². The second-order valence-corrected chi connectivity index (χ2v) is 6.88. The highest BCUT2D eigenvalue weighted by Crippen LogP contribution is 2.41. The molecule has 0 bridgehead atoms. The maximum absolute atomic E-state index is 12.1. The lowest BCUT2D eigenvalue weighted by Crippen LogP contribution is -2.25. The summed E-state index contributed by atoms with van der Waals surface area (Å²) in [6.45, 7) is 5.98. The summed E-state index contributed by atoms with van der Waals surface area (Å²) >= 11 is 0. The zero-order valence-electron chi connectivity index (χ0n) is 15.4. The van der Waals surface area contributed by atoms with E-state index < -0.39 is 11.7 Å². The van der Waals surface area contributed by atoms with Gasteiger partial charge < -0.3 is 20.1 Å². The lowest BCUT2D eigenvalue weighted by Gasteiger charge is -2.18. The highest BCUT2D eigenvalue weighted by atomic mass is 16.5. The first-order valence-corrected chi connectivity index (χ1v) is 9.17. The van der Waals surface area contributed by atoms with Gasteiger partial charge in [0.1, 0.15) is 6.10 Å². The minimum absolute atomic E-state index is 0.00420. The first-order chi connectivity index (χ1) is 13.0. The van der Waals surface area contributed by atoms with E-state index >= 15 is 0 Å². The van der Waals surface area contributed by atoms with Crippen molar-refractivity contribution in [3.05, 3.63) is 28.8 Å². The number of aromatic amines is 1. The number of aliphatic hydroxyl groups is 1. The summed E-state index contributed by atoms with van der Waals surface area (Å²) in [5.74, 6) is -0.646. The molecule has 0 spiro atoms. The number of carbonyl (C=O) groups is 1. The van der Waals surface area contributed by atoms with E-state index in [1.165, 1.54) is 6.33 Å². The number of carbonyl (C=O) groups excluding carboxylic acids is 1. The molecule has 146 valence electrons. The average Bonchev–Trinajstić information content (AvgIpc) is 3.16. The number of aromatic nitrogens is 4. The number of nitrogens with one attached hydrogen (secondary N) is 1. The number of ether oxygens (including phenoxy) is 1. The van der Waals surface area contributed by atoms with Crippen molar-refractivity contribution in [2.24, 2.45) is 5.92 Å². The average molecular weight is 375 g/mol. The Balaban J connectivity index is 1.82. The highest BCUT2D eigenvalue weighted by Gasteiger charge is 2.41. The van der Waals surface area contributed by atoms with Gasteiger partial charge in [-0.05, 0) is 12.0 Å². The smallest absolute Gasteiger partial charge is 0.306 e. The van der Waals surface area contributed by atoms with Crippen LogP contribution < -0.4 is 11.3 Å². The van der Waals surface area contributed by atoms with Crippen LogP contribution >= 0.6 is 0 Å². The number of nitrogens with two attached hydrogens (primary N) is 1. The normalized spacial score (nSPS) is 22.4. The van der Waals surface area contributed by atoms with E-state index in [1.807, 2.05) is 0 Å². The van der Waals surface area contributed by atoms with Gasteiger partial charge in [-0.1, -0.05) is 26.3 Å². The molecule has 1 aliphatic rings. The molecule has 3 rings (SSSR count). The summed E-state index contributed by atoms with van der Waals surface area (Å²) in [4.78, 5) is 34.8. The standard InChI is InChI=1S/C18H25N5O4/c1-3-4-5-6-14(25)27-13-7-12(10(2)11(13)8-24)23-9-20-15-16(23)21-18(19)22-17(15)26/h9,11-13,24H,2-8H2,1H3,(H3,19,21,22,26)/t11-,12-,13-/m0/s1. The van der Waals surface area contributed by atoms with Crippen LogP contribution in [-0.2, 0) is 9.53 Å². The molecule has 1 saturated carbocycles. The number of hydrogen-bond donors (Lipinski definition) is 3. The van der Waals surface area contributed by atoms with Crippen LogP contribution in [0.1, 0.15) is 45.1 Å². The molecule has 0 saturated heterocycles. The molecule has 2 aromatic rings. The van der Waals surface area contributed by atoms with Crippen molar-refractivity contribution in [2.45, 2.75) is 51.2 Å². The number of imidazole rings is 1. The maximum Gasteiger partial charge on any atom is 0.306 e. The first-order valence-electron chi connectivity index (χ1n) is 9.17. The van der Waals surface area contributed by atoms with Crippen LogP contribution in [0.2, 0.25) is 0 Å². The second kappa shape index (κ2) is 7.91. The Morgan fingerprint density at radius 3 is 3.00 bits per heavy atom. The molecular formula is C18H25N5O4. The van der Waals surface area contributed by atoms with Crippen molar-refractivity contribution in [2.75, 3.05) is 12.3 Å². The van der Waals surface area contributed by atoms with Gasteiger partial charge in [0, 0.05) is 18.8 Å². The van der Waals surface area contributed by atoms with E-state index in [2.05, 4.69) is 28.5 Å². The predicted molar refractivity (Wildman–Crippen MR) is 100.0 cm³/mol. The molecule has 2 aromatic heterocycles. The van der Waals surface area contributed by atoms with Crippen LogP contribution in [0.4, 0.5) is 5.95 Å². The van der Waals surface area contributed by atoms with E-state index in [9.17, 15) is 14.7 Å². The first kappa shape index (κ1) is 19.1. The van der Waals surface area contributed by atoms with E-state index in [0.29, 0.717) is 24.1 Å². The molecule has 9 nitrogen and oxygen atoms in total. The van der Waals surface area contributed by atoms with Crippen LogP contribution in [0.3, 0.4) is 0 Å². The van der Waals surface area contributed by atoms with Gasteiger partial charge in [0.25, 0.3) is 5.56 Å². The van der Waals surface area contributed by atoms with E-state index in [4.69, 9.17) is 10.5 Å². The number of aliphatic hydroxyl groups excluding tert-OH is 1. The van der Waals surface area contributed by atoms with Crippen molar-refractivity contribution in [3.8, 4) is 0 Å². The predicted octanol–water partition coefficient (Wildman–Crippen LogP) is 1.30. The van der Waals surface area contributed by atoms with Gasteiger partial charge in [0.2, 0.25) is 5.95 Å². The minimum atomic E-state index is -0.474. The van der Waals surface area contributed by atoms with Gasteiger partial charge in [0.15, 0.2) is 11.2 Å². The number of hydrogen-bond acceptors (Lipinski definition) is 7. The fraction of sp³-hybridized carbons (Fsp3) is 0.556. The number of nitrogen functional groups attached to an aromatic ring is 1. The summed E-state index contributed by atoms with van der Waals surface area (Å²) < 4.78 is 7.32. The Labute approximate surface area is 156 Å². The zero-order chi connectivity index (χ0) is 19.6. The Morgan fingerprint density at radius 1 is 1.52 bits per heavy atom. The van der Waals surface area contributed by atoms with Crippen molar-refractivity contribution in [1.29, 1.82) is 0 Å². The topological polar surface area (TPSA) is 136 Å². The van der Waals surface area contributed by atoms with E-state index in [0.717, 1.165) is 19.3 Å². The molecule has 0 amide bonds. The number of esters is 1. The monoisotopic (exact) mass is 375 g/mol. The Kier molecular flexibility index (Phi) is 5.59. The largest absolute Gasteiger partial charge is 0.462 e. The molecule has 1 fully saturated rings. The molecule has 2 heterocycles. The van der Waals surface area contributed by atoms with Crippen molar-refractivity contribution < 1.29 is 14.6 Å². The maximum atomic E-state index is 12.1. The summed E-state index contributed by atoms with van der Waals surface area (Å²) in [7, 11) is 0. The minimum Gasteiger partial charge on any atom is -0.462 e. The zero-order valence-corrected chi connectivity index (χ0v) is 15.4. The van der Waals surface area contributed by atoms with Gasteiger partial charge in [0.05, 0.1) is 19.0 Å². The molecular weight excluding hydrogens is 350 g/mol. The molecule has 27 heavy (non-hydrogen) atoms. The lowest BCUT2D eigenvalue weighted by atomic mass is 10.0. The molecule has 0 radical (unpaired) electrons. The number of H-pyrrole nitrogens is 1. The van der Waals surface area contributed by atoms with Gasteiger partial charge in [-0.3, -0.25) is 14.6 Å². The molecule has 0 aliphatic heterocycles. The quantitative estimate of drug-likeness (QED) is 0.377. The van der Waals surface area contributed by atoms with Crippen LogP contribution in [0, 0.1) is 5.92 Å². The number of rotatable bonds is 7. The fourth-order valence-electron chi connectivity index (χ4n) is 3.60. The Morgan fingerprint density at radius 2 is 2.30 bits per heavy atom. The fourth-order valence-corrected chi connectivity index (χ4v) is 3.60. The second-order valence-electron chi connectivity index (χ2n) is 6.88. The molecule has 3 atom stereocenters. The third-order valence-corrected chi connectivity index (χ3v) is 5.06. The lowest BCUT2D eigenvalue weighted by molar-refractivity contribution is -0.151. The van der Waals surface area contributed by atoms with Gasteiger partial charge in [-0.15, -0.1) is 0 Å². The molecule has 1 aliphatic carbocycles. The molecule has 9 heteroatoms. The van der Waals surface area contributed by atoms with Crippen molar-refractivity contribution in [1.82, 2.24) is 19.5 Å². The third kappa shape index (κ3) is 3.73. The molecule has 4 N–H and O–H groups in total. The molecule has 0 aromatic carbocycles. The molecule has 0 unspecified atom stereocenters. The third-order valence-electron chi connectivity index (χ3n) is 5.06. The van der Waals surface area contributed by atoms with Crippen LogP contribution in [-0.4, -0.2) is 43.3 Å². The van der Waals surface area contributed by atoms with Gasteiger partial charge in [-0.2, -0.15) is 4.98 Å². The number of anilines is 1.